The number of carbonyl (C=O) groups excluding carboxylic acids is 1. The van der Waals surface area contributed by atoms with Gasteiger partial charge in [0.05, 0.1) is 30.3 Å². The first-order chi connectivity index (χ1) is 13.8. The van der Waals surface area contributed by atoms with Crippen molar-refractivity contribution in [3.8, 4) is 11.8 Å². The molecule has 6 atom stereocenters. The van der Waals surface area contributed by atoms with E-state index < -0.39 is 24.0 Å². The summed E-state index contributed by atoms with van der Waals surface area (Å²) in [6.07, 6.45) is 0.822. The van der Waals surface area contributed by atoms with Crippen LogP contribution < -0.4 is 5.32 Å². The number of nitrogens with one attached hydrogen (secondary N) is 1. The molecule has 9 nitrogen and oxygen atoms in total. The fourth-order valence-electron chi connectivity index (χ4n) is 5.64. The number of fused-ring (bicyclic) bond motifs is 5. The van der Waals surface area contributed by atoms with Gasteiger partial charge in [0.2, 0.25) is 5.91 Å². The Balaban J connectivity index is 1.85. The number of nitrogens with zero attached hydrogens (tertiary/aromatic N) is 3. The molecule has 0 spiro atoms. The second kappa shape index (κ2) is 6.99. The van der Waals surface area contributed by atoms with Gasteiger partial charge >= 0.3 is 5.97 Å². The molecule has 0 radical (unpaired) electrons. The summed E-state index contributed by atoms with van der Waals surface area (Å²) < 4.78 is 0. The van der Waals surface area contributed by atoms with E-state index in [1.807, 2.05) is 16.8 Å². The highest BCUT2D eigenvalue weighted by molar-refractivity contribution is 5.90. The number of rotatable bonds is 3. The first-order valence-electron chi connectivity index (χ1n) is 9.65. The van der Waals surface area contributed by atoms with Gasteiger partial charge < -0.3 is 20.6 Å². The van der Waals surface area contributed by atoms with Crippen LogP contribution >= 0.6 is 0 Å². The van der Waals surface area contributed by atoms with E-state index in [4.69, 9.17) is 0 Å². The summed E-state index contributed by atoms with van der Waals surface area (Å²) in [5, 5.41) is 43.3. The molecule has 2 bridgehead atoms. The zero-order valence-electron chi connectivity index (χ0n) is 16.2. The van der Waals surface area contributed by atoms with Crippen LogP contribution in [0.2, 0.25) is 0 Å². The molecular formula is C20H24N4O5. The van der Waals surface area contributed by atoms with Crippen LogP contribution in [0.5, 0.6) is 5.75 Å². The number of carboxylic acids is 1. The number of aliphatic hydroxyl groups is 1. The van der Waals surface area contributed by atoms with Crippen LogP contribution in [-0.4, -0.2) is 74.8 Å². The number of benzene rings is 1. The van der Waals surface area contributed by atoms with Crippen LogP contribution in [0.3, 0.4) is 0 Å². The Labute approximate surface area is 168 Å². The number of carboxylic acid groups (broad SMARTS) is 1. The molecule has 4 N–H and O–H groups in total. The van der Waals surface area contributed by atoms with E-state index in [0.717, 1.165) is 5.56 Å². The lowest BCUT2D eigenvalue weighted by Gasteiger charge is -2.54. The lowest BCUT2D eigenvalue weighted by Crippen LogP contribution is -2.67. The smallest absolute Gasteiger partial charge is 0.308 e. The van der Waals surface area contributed by atoms with Crippen LogP contribution in [0.4, 0.5) is 5.69 Å². The third-order valence-electron chi connectivity index (χ3n) is 6.73. The Morgan fingerprint density at radius 1 is 1.34 bits per heavy atom. The molecule has 3 aliphatic rings. The maximum absolute atomic E-state index is 11.9. The van der Waals surface area contributed by atoms with Gasteiger partial charge in [0.15, 0.2) is 0 Å². The molecule has 29 heavy (non-hydrogen) atoms. The van der Waals surface area contributed by atoms with Crippen molar-refractivity contribution in [2.45, 2.75) is 50.0 Å². The molecule has 2 fully saturated rings. The minimum Gasteiger partial charge on any atom is -0.505 e. The fourth-order valence-corrected chi connectivity index (χ4v) is 5.64. The molecule has 154 valence electrons. The second-order valence-corrected chi connectivity index (χ2v) is 8.11. The topological polar surface area (TPSA) is 137 Å². The fraction of sp³-hybridized carbons (Fsp3) is 0.550. The quantitative estimate of drug-likeness (QED) is 0.532. The number of phenols is 1. The highest BCUT2D eigenvalue weighted by atomic mass is 16.4. The largest absolute Gasteiger partial charge is 0.505 e. The molecule has 1 unspecified atom stereocenters. The Morgan fingerprint density at radius 3 is 2.66 bits per heavy atom. The maximum Gasteiger partial charge on any atom is 0.308 e. The van der Waals surface area contributed by atoms with Crippen molar-refractivity contribution >= 4 is 17.6 Å². The number of carbonyl (C=O) groups is 2. The number of nitriles is 1. The van der Waals surface area contributed by atoms with Crippen LogP contribution in [0.25, 0.3) is 0 Å². The van der Waals surface area contributed by atoms with E-state index in [1.54, 1.807) is 12.1 Å². The highest BCUT2D eigenvalue weighted by Crippen LogP contribution is 2.50. The summed E-state index contributed by atoms with van der Waals surface area (Å²) in [4.78, 5) is 27.2. The zero-order valence-corrected chi connectivity index (χ0v) is 16.2. The highest BCUT2D eigenvalue weighted by Gasteiger charge is 2.59. The SMILES string of the molecule is CC(=O)Nc1ccc2c(c1O)[C@H](CO)N1C(C#N)[C@@H]3C[C@@H](C(=O)O)[C@H]([C@@H]1C2)N3C. The van der Waals surface area contributed by atoms with Crippen molar-refractivity contribution in [2.75, 3.05) is 19.0 Å². The van der Waals surface area contributed by atoms with Crippen LogP contribution in [0.1, 0.15) is 30.5 Å². The Hall–Kier alpha value is -2.67. The molecule has 1 amide bonds. The average Bonchev–Trinajstić information content (AvgIpc) is 2.92. The van der Waals surface area contributed by atoms with Crippen LogP contribution in [0, 0.1) is 17.2 Å². The van der Waals surface area contributed by atoms with Crippen LogP contribution in [0.15, 0.2) is 12.1 Å². The summed E-state index contributed by atoms with van der Waals surface area (Å²) in [5.41, 5.74) is 1.53. The first kappa shape index (κ1) is 19.6. The van der Waals surface area contributed by atoms with Crippen LogP contribution in [-0.2, 0) is 16.0 Å². The van der Waals surface area contributed by atoms with Crippen molar-refractivity contribution in [3.63, 3.8) is 0 Å². The lowest BCUT2D eigenvalue weighted by molar-refractivity contribution is -0.144. The van der Waals surface area contributed by atoms with E-state index in [1.165, 1.54) is 6.92 Å². The third-order valence-corrected chi connectivity index (χ3v) is 6.73. The molecule has 9 heteroatoms. The molecule has 0 aromatic heterocycles. The minimum atomic E-state index is -0.877. The molecule has 4 rings (SSSR count). The van der Waals surface area contributed by atoms with Gasteiger partial charge in [-0.3, -0.25) is 19.4 Å². The number of likely N-dealkylation sites (N-methyl/N-ethyl adjacent to an activating group) is 1. The summed E-state index contributed by atoms with van der Waals surface area (Å²) >= 11 is 0. The summed E-state index contributed by atoms with van der Waals surface area (Å²) in [5.74, 6) is -1.92. The van der Waals surface area contributed by atoms with Crippen molar-refractivity contribution in [2.24, 2.45) is 5.92 Å². The van der Waals surface area contributed by atoms with Crippen molar-refractivity contribution in [3.05, 3.63) is 23.3 Å². The number of aromatic hydroxyl groups is 1. The molecule has 0 aliphatic carbocycles. The molecule has 1 aromatic carbocycles. The molecule has 0 saturated carbocycles. The number of aliphatic hydroxyl groups excluding tert-OH is 1. The van der Waals surface area contributed by atoms with Crippen molar-refractivity contribution < 1.29 is 24.9 Å². The number of aliphatic carboxylic acids is 1. The number of amides is 1. The summed E-state index contributed by atoms with van der Waals surface area (Å²) in [7, 11) is 1.86. The Morgan fingerprint density at radius 2 is 2.07 bits per heavy atom. The maximum atomic E-state index is 11.9. The second-order valence-electron chi connectivity index (χ2n) is 8.11. The Kier molecular flexibility index (Phi) is 4.73. The molecule has 2 saturated heterocycles. The number of anilines is 1. The Bertz CT molecular complexity index is 913. The van der Waals surface area contributed by atoms with E-state index in [2.05, 4.69) is 11.4 Å². The van der Waals surface area contributed by atoms with Gasteiger partial charge in [-0.15, -0.1) is 0 Å². The zero-order chi connectivity index (χ0) is 21.0. The van der Waals surface area contributed by atoms with Gasteiger partial charge in [-0.25, -0.2) is 0 Å². The van der Waals surface area contributed by atoms with Gasteiger partial charge in [0.1, 0.15) is 11.8 Å². The lowest BCUT2D eigenvalue weighted by atomic mass is 9.80. The number of phenolic OH excluding ortho intramolecular Hbond substituents is 1. The van der Waals surface area contributed by atoms with Crippen molar-refractivity contribution in [1.29, 1.82) is 5.26 Å². The normalized spacial score (nSPS) is 33.4. The molecular weight excluding hydrogens is 376 g/mol. The molecule has 3 aliphatic heterocycles. The van der Waals surface area contributed by atoms with Crippen molar-refractivity contribution in [1.82, 2.24) is 9.80 Å². The van der Waals surface area contributed by atoms with E-state index >= 15 is 0 Å². The predicted molar refractivity (Wildman–Crippen MR) is 102 cm³/mol. The molecule has 1 aromatic rings. The van der Waals surface area contributed by atoms with Gasteiger partial charge in [-0.1, -0.05) is 6.07 Å². The molecule has 3 heterocycles. The predicted octanol–water partition coefficient (Wildman–Crippen LogP) is 0.290. The van der Waals surface area contributed by atoms with E-state index in [0.29, 0.717) is 18.4 Å². The van der Waals surface area contributed by atoms with Gasteiger partial charge in [0.25, 0.3) is 0 Å². The van der Waals surface area contributed by atoms with Gasteiger partial charge in [-0.05, 0) is 31.5 Å². The number of piperazine rings is 1. The number of hydrogen-bond acceptors (Lipinski definition) is 7. The first-order valence-corrected chi connectivity index (χ1v) is 9.65. The standard InChI is InChI=1S/C20H24N4O5/c1-9(26)22-12-4-3-10-5-14-18-11(20(28)29)6-13(23(18)2)15(7-21)24(14)16(8-25)17(10)19(12)27/h3-4,11,13-16,18,25,27H,5-6,8H2,1-2H3,(H,22,26)(H,28,29)/t11-,13+,14+,15?,16+,18-/m1/s1. The third kappa shape index (κ3) is 2.79. The van der Waals surface area contributed by atoms with Gasteiger partial charge in [0, 0.05) is 30.6 Å². The van der Waals surface area contributed by atoms with E-state index in [-0.39, 0.29) is 42.1 Å². The number of hydrogen-bond donors (Lipinski definition) is 4. The summed E-state index contributed by atoms with van der Waals surface area (Å²) in [6, 6.07) is 3.61. The van der Waals surface area contributed by atoms with E-state index in [9.17, 15) is 30.2 Å². The van der Waals surface area contributed by atoms with Gasteiger partial charge in [-0.2, -0.15) is 5.26 Å². The summed E-state index contributed by atoms with van der Waals surface area (Å²) in [6.45, 7) is 1.01. The minimum absolute atomic E-state index is 0.118. The average molecular weight is 400 g/mol. The monoisotopic (exact) mass is 400 g/mol.